The normalized spacial score (nSPS) is 14.9. The van der Waals surface area contributed by atoms with E-state index in [-0.39, 0.29) is 12.4 Å². The number of hydrogen-bond acceptors (Lipinski definition) is 5. The second kappa shape index (κ2) is 9.87. The zero-order chi connectivity index (χ0) is 19.3. The van der Waals surface area contributed by atoms with Gasteiger partial charge in [-0.2, -0.15) is 5.10 Å². The van der Waals surface area contributed by atoms with Gasteiger partial charge in [0.1, 0.15) is 0 Å². The fraction of sp³-hybridized carbons (Fsp3) is 0.286. The van der Waals surface area contributed by atoms with Gasteiger partial charge in [0.2, 0.25) is 0 Å². The molecule has 29 heavy (non-hydrogen) atoms. The molecule has 3 aromatic rings. The van der Waals surface area contributed by atoms with E-state index in [1.165, 1.54) is 5.69 Å². The largest absolute Gasteiger partial charge is 0.369 e. The Bertz CT molecular complexity index is 949. The quantitative estimate of drug-likeness (QED) is 0.614. The lowest BCUT2D eigenvalue weighted by Crippen LogP contribution is -2.46. The Balaban J connectivity index is 0.00000240. The maximum Gasteiger partial charge on any atom is 0.250 e. The molecular formula is C21H24Cl2N6. The molecule has 0 bridgehead atoms. The van der Waals surface area contributed by atoms with Crippen LogP contribution in [0.2, 0.25) is 5.02 Å². The topological polar surface area (TPSA) is 50.1 Å². The number of benzene rings is 1. The molecule has 0 atom stereocenters. The minimum absolute atomic E-state index is 0. The summed E-state index contributed by atoms with van der Waals surface area (Å²) in [6, 6.07) is 9.89. The Morgan fingerprint density at radius 3 is 2.55 bits per heavy atom. The summed E-state index contributed by atoms with van der Waals surface area (Å²) in [5.41, 5.74) is 3.33. The van der Waals surface area contributed by atoms with E-state index in [1.54, 1.807) is 23.1 Å². The lowest BCUT2D eigenvalue weighted by atomic mass is 10.2. The molecule has 1 aliphatic heterocycles. The molecule has 0 radical (unpaired) electrons. The minimum atomic E-state index is 0. The molecule has 3 heterocycles. The van der Waals surface area contributed by atoms with Gasteiger partial charge in [-0.3, -0.25) is 4.90 Å². The molecule has 0 amide bonds. The van der Waals surface area contributed by atoms with Crippen molar-refractivity contribution >= 4 is 35.8 Å². The summed E-state index contributed by atoms with van der Waals surface area (Å²) in [5.74, 6) is 0.594. The Hall–Kier alpha value is -2.41. The molecule has 0 aliphatic carbocycles. The van der Waals surface area contributed by atoms with Gasteiger partial charge in [-0.25, -0.2) is 14.6 Å². The molecule has 0 saturated carbocycles. The van der Waals surface area contributed by atoms with Crippen molar-refractivity contribution in [1.29, 1.82) is 0 Å². The average molecular weight is 431 g/mol. The highest BCUT2D eigenvalue weighted by Gasteiger charge is 2.16. The van der Waals surface area contributed by atoms with Crippen molar-refractivity contribution in [2.75, 3.05) is 37.6 Å². The van der Waals surface area contributed by atoms with Crippen LogP contribution in [-0.4, -0.2) is 57.4 Å². The van der Waals surface area contributed by atoms with Crippen molar-refractivity contribution in [3.05, 3.63) is 71.3 Å². The first-order valence-corrected chi connectivity index (χ1v) is 9.80. The third-order valence-corrected chi connectivity index (χ3v) is 5.23. The van der Waals surface area contributed by atoms with Crippen molar-refractivity contribution in [3.8, 4) is 5.95 Å². The van der Waals surface area contributed by atoms with Gasteiger partial charge < -0.3 is 4.90 Å². The smallest absolute Gasteiger partial charge is 0.250 e. The lowest BCUT2D eigenvalue weighted by Gasteiger charge is -2.35. The molecule has 1 fully saturated rings. The van der Waals surface area contributed by atoms with Gasteiger partial charge in [0.15, 0.2) is 0 Å². The summed E-state index contributed by atoms with van der Waals surface area (Å²) in [6.07, 6.45) is 9.64. The summed E-state index contributed by atoms with van der Waals surface area (Å²) in [6.45, 7) is 7.05. The number of rotatable bonds is 5. The molecule has 6 nitrogen and oxygen atoms in total. The van der Waals surface area contributed by atoms with Crippen molar-refractivity contribution < 1.29 is 0 Å². The lowest BCUT2D eigenvalue weighted by molar-refractivity contribution is 0.284. The summed E-state index contributed by atoms with van der Waals surface area (Å²) in [4.78, 5) is 13.4. The average Bonchev–Trinajstić information content (AvgIpc) is 3.10. The van der Waals surface area contributed by atoms with E-state index < -0.39 is 0 Å². The van der Waals surface area contributed by atoms with Crippen LogP contribution in [0.25, 0.3) is 12.0 Å². The number of aromatic nitrogens is 4. The van der Waals surface area contributed by atoms with Crippen LogP contribution in [0, 0.1) is 6.92 Å². The van der Waals surface area contributed by atoms with Crippen LogP contribution in [-0.2, 0) is 0 Å². The van der Waals surface area contributed by atoms with Crippen molar-refractivity contribution in [2.45, 2.75) is 6.92 Å². The molecule has 0 N–H and O–H groups in total. The summed E-state index contributed by atoms with van der Waals surface area (Å²) < 4.78 is 1.77. The first-order valence-electron chi connectivity index (χ1n) is 9.42. The van der Waals surface area contributed by atoms with Crippen LogP contribution in [0.5, 0.6) is 0 Å². The Morgan fingerprint density at radius 2 is 1.83 bits per heavy atom. The zero-order valence-electron chi connectivity index (χ0n) is 16.3. The van der Waals surface area contributed by atoms with Gasteiger partial charge in [-0.05, 0) is 31.2 Å². The number of piperazine rings is 1. The van der Waals surface area contributed by atoms with Crippen LogP contribution in [0.3, 0.4) is 0 Å². The number of anilines is 1. The van der Waals surface area contributed by atoms with Crippen molar-refractivity contribution in [2.24, 2.45) is 0 Å². The second-order valence-corrected chi connectivity index (χ2v) is 7.25. The first kappa shape index (κ1) is 21.3. The van der Waals surface area contributed by atoms with E-state index in [1.807, 2.05) is 31.3 Å². The van der Waals surface area contributed by atoms with Gasteiger partial charge in [0.05, 0.1) is 11.9 Å². The highest BCUT2D eigenvalue weighted by molar-refractivity contribution is 6.30. The van der Waals surface area contributed by atoms with Gasteiger partial charge in [0.25, 0.3) is 5.95 Å². The van der Waals surface area contributed by atoms with Crippen molar-refractivity contribution in [1.82, 2.24) is 24.6 Å². The standard InChI is InChI=1S/C21H23ClN6.ClH/c1-17-18(16-25-28(17)21-23-8-4-9-24-21)5-3-10-26-11-13-27(14-12-26)20-7-2-6-19(22)15-20;/h2-9,15-16H,10-14H2,1H3;1H/b5-3+;. The molecule has 1 saturated heterocycles. The molecular weight excluding hydrogens is 407 g/mol. The highest BCUT2D eigenvalue weighted by Crippen LogP contribution is 2.21. The fourth-order valence-electron chi connectivity index (χ4n) is 3.38. The monoisotopic (exact) mass is 430 g/mol. The van der Waals surface area contributed by atoms with Crippen LogP contribution >= 0.6 is 24.0 Å². The molecule has 1 aliphatic rings. The molecule has 4 rings (SSSR count). The van der Waals surface area contributed by atoms with E-state index in [9.17, 15) is 0 Å². The van der Waals surface area contributed by atoms with Gasteiger partial charge in [-0.1, -0.05) is 29.8 Å². The number of halogens is 2. The number of hydrogen-bond donors (Lipinski definition) is 0. The highest BCUT2D eigenvalue weighted by atomic mass is 35.5. The maximum absolute atomic E-state index is 6.11. The molecule has 8 heteroatoms. The SMILES string of the molecule is Cc1c(/C=C/CN2CCN(c3cccc(Cl)c3)CC2)cnn1-c1ncccn1.Cl. The van der Waals surface area contributed by atoms with E-state index in [2.05, 4.69) is 43.1 Å². The van der Waals surface area contributed by atoms with E-state index in [4.69, 9.17) is 11.6 Å². The number of nitrogens with zero attached hydrogens (tertiary/aromatic N) is 6. The van der Waals surface area contributed by atoms with E-state index in [0.717, 1.165) is 49.0 Å². The third kappa shape index (κ3) is 5.15. The third-order valence-electron chi connectivity index (χ3n) is 5.00. The Kier molecular flexibility index (Phi) is 7.25. The summed E-state index contributed by atoms with van der Waals surface area (Å²) in [7, 11) is 0. The summed E-state index contributed by atoms with van der Waals surface area (Å²) in [5, 5.41) is 5.20. The molecule has 152 valence electrons. The predicted octanol–water partition coefficient (Wildman–Crippen LogP) is 3.88. The van der Waals surface area contributed by atoms with E-state index >= 15 is 0 Å². The van der Waals surface area contributed by atoms with Gasteiger partial charge in [-0.15, -0.1) is 12.4 Å². The molecule has 2 aromatic heterocycles. The molecule has 0 unspecified atom stereocenters. The molecule has 0 spiro atoms. The van der Waals surface area contributed by atoms with Crippen LogP contribution in [0.1, 0.15) is 11.3 Å². The van der Waals surface area contributed by atoms with E-state index in [0.29, 0.717) is 5.95 Å². The minimum Gasteiger partial charge on any atom is -0.369 e. The van der Waals surface area contributed by atoms with Gasteiger partial charge >= 0.3 is 0 Å². The Morgan fingerprint density at radius 1 is 1.07 bits per heavy atom. The predicted molar refractivity (Wildman–Crippen MR) is 120 cm³/mol. The zero-order valence-corrected chi connectivity index (χ0v) is 17.9. The van der Waals surface area contributed by atoms with Crippen molar-refractivity contribution in [3.63, 3.8) is 0 Å². The van der Waals surface area contributed by atoms with Crippen LogP contribution in [0.15, 0.2) is 55.0 Å². The fourth-order valence-corrected chi connectivity index (χ4v) is 3.56. The second-order valence-electron chi connectivity index (χ2n) is 6.82. The summed E-state index contributed by atoms with van der Waals surface area (Å²) >= 11 is 6.11. The first-order chi connectivity index (χ1) is 13.7. The maximum atomic E-state index is 6.11. The Labute approximate surface area is 182 Å². The van der Waals surface area contributed by atoms with Crippen LogP contribution < -0.4 is 4.90 Å². The molecule has 1 aromatic carbocycles. The van der Waals surface area contributed by atoms with Crippen LogP contribution in [0.4, 0.5) is 5.69 Å². The van der Waals surface area contributed by atoms with Gasteiger partial charge in [0, 0.05) is 61.4 Å².